The highest BCUT2D eigenvalue weighted by atomic mass is 16.6. The summed E-state index contributed by atoms with van der Waals surface area (Å²) in [6.07, 6.45) is 0.115. The van der Waals surface area contributed by atoms with E-state index in [0.717, 1.165) is 12.8 Å². The summed E-state index contributed by atoms with van der Waals surface area (Å²) in [5.74, 6) is -1.98. The van der Waals surface area contributed by atoms with Gasteiger partial charge in [-0.3, -0.25) is 9.59 Å². The molecular formula is C20H36N2O6. The minimum atomic E-state index is -1.05. The van der Waals surface area contributed by atoms with E-state index in [0.29, 0.717) is 0 Å². The third kappa shape index (κ3) is 6.36. The number of amides is 2. The molecule has 2 amide bonds. The van der Waals surface area contributed by atoms with Gasteiger partial charge in [-0.1, -0.05) is 26.7 Å². The maximum absolute atomic E-state index is 12.3. The van der Waals surface area contributed by atoms with Gasteiger partial charge in [-0.2, -0.15) is 0 Å². The standard InChI is InChI=1S/C20H36N2O6/c1-8-12(9-2)16(21-11(3)23)15-14(22-19(26)28-20(4,5)6)10-13(17(15)24)18(25)27-7/h12-17,24H,8-10H2,1-7H3,(H,21,23)(H,22,26)/t13?,14?,15?,16-,17?/m0/s1. The van der Waals surface area contributed by atoms with Crippen molar-refractivity contribution in [3.05, 3.63) is 0 Å². The summed E-state index contributed by atoms with van der Waals surface area (Å²) in [6.45, 7) is 10.7. The lowest BCUT2D eigenvalue weighted by molar-refractivity contribution is -0.149. The molecule has 0 spiro atoms. The number of hydrogen-bond acceptors (Lipinski definition) is 6. The van der Waals surface area contributed by atoms with E-state index < -0.39 is 47.7 Å². The molecule has 0 radical (unpaired) electrons. The SMILES string of the molecule is CCC(CC)[C@H](NC(C)=O)C1C(NC(=O)OC(C)(C)C)CC(C(=O)OC)C1O. The van der Waals surface area contributed by atoms with Crippen LogP contribution >= 0.6 is 0 Å². The van der Waals surface area contributed by atoms with E-state index in [1.165, 1.54) is 14.0 Å². The first-order chi connectivity index (χ1) is 12.9. The fourth-order valence-electron chi connectivity index (χ4n) is 4.10. The Balaban J connectivity index is 3.21. The molecule has 0 aromatic rings. The third-order valence-corrected chi connectivity index (χ3v) is 5.33. The number of aliphatic hydroxyl groups is 1. The highest BCUT2D eigenvalue weighted by Crippen LogP contribution is 2.38. The molecule has 162 valence electrons. The van der Waals surface area contributed by atoms with Crippen LogP contribution in [0, 0.1) is 17.8 Å². The lowest BCUT2D eigenvalue weighted by Gasteiger charge is -2.36. The van der Waals surface area contributed by atoms with E-state index in [-0.39, 0.29) is 18.2 Å². The lowest BCUT2D eigenvalue weighted by atomic mass is 9.80. The van der Waals surface area contributed by atoms with Crippen molar-refractivity contribution in [2.45, 2.75) is 84.6 Å². The number of rotatable bonds is 7. The van der Waals surface area contributed by atoms with Crippen molar-refractivity contribution in [1.82, 2.24) is 10.6 Å². The summed E-state index contributed by atoms with van der Waals surface area (Å²) in [7, 11) is 1.27. The van der Waals surface area contributed by atoms with Crippen molar-refractivity contribution in [2.75, 3.05) is 7.11 Å². The molecule has 1 saturated carbocycles. The highest BCUT2D eigenvalue weighted by molar-refractivity contribution is 5.75. The number of alkyl carbamates (subject to hydrolysis) is 1. The van der Waals surface area contributed by atoms with Crippen molar-refractivity contribution >= 4 is 18.0 Å². The predicted molar refractivity (Wildman–Crippen MR) is 104 cm³/mol. The zero-order valence-electron chi connectivity index (χ0n) is 18.1. The van der Waals surface area contributed by atoms with Crippen LogP contribution in [0.25, 0.3) is 0 Å². The number of aliphatic hydroxyl groups excluding tert-OH is 1. The van der Waals surface area contributed by atoms with Gasteiger partial charge in [-0.05, 0) is 33.1 Å². The monoisotopic (exact) mass is 400 g/mol. The van der Waals surface area contributed by atoms with Crippen LogP contribution in [-0.2, 0) is 19.1 Å². The first kappa shape index (κ1) is 24.2. The normalized spacial score (nSPS) is 25.9. The van der Waals surface area contributed by atoms with E-state index >= 15 is 0 Å². The van der Waals surface area contributed by atoms with Crippen molar-refractivity contribution < 1.29 is 29.0 Å². The number of ether oxygens (including phenoxy) is 2. The minimum absolute atomic E-state index is 0.0860. The Bertz CT molecular complexity index is 555. The first-order valence-corrected chi connectivity index (χ1v) is 9.97. The Morgan fingerprint density at radius 2 is 1.75 bits per heavy atom. The van der Waals surface area contributed by atoms with Crippen molar-refractivity contribution in [2.24, 2.45) is 17.8 Å². The van der Waals surface area contributed by atoms with Crippen LogP contribution in [0.4, 0.5) is 4.79 Å². The first-order valence-electron chi connectivity index (χ1n) is 9.97. The second-order valence-electron chi connectivity index (χ2n) is 8.49. The Hall–Kier alpha value is -1.83. The summed E-state index contributed by atoms with van der Waals surface area (Å²) in [5, 5.41) is 16.7. The summed E-state index contributed by atoms with van der Waals surface area (Å²) >= 11 is 0. The van der Waals surface area contributed by atoms with Gasteiger partial charge in [0.25, 0.3) is 0 Å². The number of nitrogens with one attached hydrogen (secondary N) is 2. The maximum Gasteiger partial charge on any atom is 0.407 e. The Kier molecular flexibility index (Phi) is 8.73. The number of carbonyl (C=O) groups excluding carboxylic acids is 3. The maximum atomic E-state index is 12.3. The predicted octanol–water partition coefficient (Wildman–Crippen LogP) is 1.99. The molecule has 5 atom stereocenters. The van der Waals surface area contributed by atoms with Crippen LogP contribution in [0.15, 0.2) is 0 Å². The molecule has 1 rings (SSSR count). The van der Waals surface area contributed by atoms with E-state index in [9.17, 15) is 19.5 Å². The van der Waals surface area contributed by atoms with Crippen molar-refractivity contribution in [3.63, 3.8) is 0 Å². The molecule has 0 saturated heterocycles. The van der Waals surface area contributed by atoms with Gasteiger partial charge in [0, 0.05) is 24.9 Å². The average Bonchev–Trinajstić information content (AvgIpc) is 2.88. The molecule has 0 aliphatic heterocycles. The fraction of sp³-hybridized carbons (Fsp3) is 0.850. The molecule has 1 fully saturated rings. The van der Waals surface area contributed by atoms with Gasteiger partial charge in [0.15, 0.2) is 0 Å². The van der Waals surface area contributed by atoms with E-state index in [1.54, 1.807) is 20.8 Å². The van der Waals surface area contributed by atoms with Gasteiger partial charge in [0.2, 0.25) is 5.91 Å². The molecule has 0 aromatic carbocycles. The Morgan fingerprint density at radius 3 is 2.18 bits per heavy atom. The molecule has 3 N–H and O–H groups in total. The summed E-state index contributed by atoms with van der Waals surface area (Å²) in [4.78, 5) is 36.4. The zero-order valence-corrected chi connectivity index (χ0v) is 18.1. The minimum Gasteiger partial charge on any atom is -0.469 e. The quantitative estimate of drug-likeness (QED) is 0.563. The molecular weight excluding hydrogens is 364 g/mol. The molecule has 1 aliphatic carbocycles. The number of methoxy groups -OCH3 is 1. The molecule has 4 unspecified atom stereocenters. The number of carbonyl (C=O) groups is 3. The van der Waals surface area contributed by atoms with Gasteiger partial charge in [-0.25, -0.2) is 4.79 Å². The summed E-state index contributed by atoms with van der Waals surface area (Å²) < 4.78 is 10.2. The van der Waals surface area contributed by atoms with Crippen molar-refractivity contribution in [1.29, 1.82) is 0 Å². The largest absolute Gasteiger partial charge is 0.469 e. The Labute approximate surface area is 167 Å². The molecule has 8 nitrogen and oxygen atoms in total. The lowest BCUT2D eigenvalue weighted by Crippen LogP contribution is -2.54. The van der Waals surface area contributed by atoms with Crippen LogP contribution in [-0.4, -0.2) is 54.0 Å². The average molecular weight is 401 g/mol. The second kappa shape index (κ2) is 10.1. The fourth-order valence-corrected chi connectivity index (χ4v) is 4.10. The summed E-state index contributed by atoms with van der Waals surface area (Å²) in [5.41, 5.74) is -0.676. The van der Waals surface area contributed by atoms with E-state index in [4.69, 9.17) is 9.47 Å². The molecule has 1 aliphatic rings. The van der Waals surface area contributed by atoms with Gasteiger partial charge >= 0.3 is 12.1 Å². The second-order valence-corrected chi connectivity index (χ2v) is 8.49. The van der Waals surface area contributed by atoms with E-state index in [1.807, 2.05) is 13.8 Å². The topological polar surface area (TPSA) is 114 Å². The molecule has 28 heavy (non-hydrogen) atoms. The number of esters is 1. The van der Waals surface area contributed by atoms with Crippen LogP contribution in [0.2, 0.25) is 0 Å². The molecule has 0 heterocycles. The van der Waals surface area contributed by atoms with Gasteiger partial charge in [-0.15, -0.1) is 0 Å². The van der Waals surface area contributed by atoms with Gasteiger partial charge in [0.1, 0.15) is 5.60 Å². The smallest absolute Gasteiger partial charge is 0.407 e. The van der Waals surface area contributed by atoms with Crippen LogP contribution in [0.3, 0.4) is 0 Å². The molecule has 0 aromatic heterocycles. The van der Waals surface area contributed by atoms with E-state index in [2.05, 4.69) is 10.6 Å². The highest BCUT2D eigenvalue weighted by Gasteiger charge is 2.51. The van der Waals surface area contributed by atoms with Crippen LogP contribution < -0.4 is 10.6 Å². The van der Waals surface area contributed by atoms with Gasteiger partial charge < -0.3 is 25.2 Å². The van der Waals surface area contributed by atoms with Gasteiger partial charge in [0.05, 0.1) is 19.1 Å². The van der Waals surface area contributed by atoms with Crippen molar-refractivity contribution in [3.8, 4) is 0 Å². The molecule has 0 bridgehead atoms. The number of hydrogen-bond donors (Lipinski definition) is 3. The summed E-state index contributed by atoms with van der Waals surface area (Å²) in [6, 6.07) is -0.927. The van der Waals surface area contributed by atoms with Crippen LogP contribution in [0.5, 0.6) is 0 Å². The van der Waals surface area contributed by atoms with Crippen LogP contribution in [0.1, 0.15) is 60.8 Å². The zero-order chi connectivity index (χ0) is 21.6. The Morgan fingerprint density at radius 1 is 1.18 bits per heavy atom. The third-order valence-electron chi connectivity index (χ3n) is 5.33. The molecule has 8 heteroatoms.